The molecule has 0 amide bonds. The van der Waals surface area contributed by atoms with E-state index in [4.69, 9.17) is 16.2 Å². The zero-order valence-corrected chi connectivity index (χ0v) is 28.2. The number of rotatable bonds is 16. The van der Waals surface area contributed by atoms with E-state index >= 15 is 4.39 Å². The van der Waals surface area contributed by atoms with Crippen molar-refractivity contribution >= 4 is 16.9 Å². The Morgan fingerprint density at radius 1 is 1.18 bits per heavy atom. The number of nitrogens with one attached hydrogen (secondary N) is 2. The molecule has 0 bridgehead atoms. The van der Waals surface area contributed by atoms with Crippen LogP contribution in [0.25, 0.3) is 28.0 Å². The summed E-state index contributed by atoms with van der Waals surface area (Å²) in [6.45, 7) is 5.21. The van der Waals surface area contributed by atoms with Crippen LogP contribution >= 0.6 is 0 Å². The number of alkyl halides is 3. The third kappa shape index (κ3) is 8.87. The minimum absolute atomic E-state index is 0.00342. The Hall–Kier alpha value is -4.23. The molecule has 2 unspecified atom stereocenters. The van der Waals surface area contributed by atoms with E-state index in [9.17, 15) is 18.0 Å². The van der Waals surface area contributed by atoms with E-state index in [0.29, 0.717) is 59.9 Å². The Balaban J connectivity index is 1.43. The second kappa shape index (κ2) is 15.5. The summed E-state index contributed by atoms with van der Waals surface area (Å²) in [7, 11) is 1.56. The summed E-state index contributed by atoms with van der Waals surface area (Å²) in [5.41, 5.74) is 11.6. The smallest absolute Gasteiger partial charge is 0.419 e. The van der Waals surface area contributed by atoms with Gasteiger partial charge in [-0.25, -0.2) is 9.18 Å². The van der Waals surface area contributed by atoms with Crippen LogP contribution < -0.4 is 27.2 Å². The molecule has 264 valence electrons. The second-order valence-corrected chi connectivity index (χ2v) is 12.9. The van der Waals surface area contributed by atoms with Crippen molar-refractivity contribution in [2.45, 2.75) is 83.5 Å². The Bertz CT molecular complexity index is 1840. The fourth-order valence-electron chi connectivity index (χ4n) is 6.26. The summed E-state index contributed by atoms with van der Waals surface area (Å²) in [6, 6.07) is 9.29. The van der Waals surface area contributed by atoms with E-state index in [1.54, 1.807) is 26.2 Å². The normalized spacial score (nSPS) is 15.1. The monoisotopic (exact) mass is 683 g/mol. The van der Waals surface area contributed by atoms with Crippen LogP contribution in [-0.2, 0) is 12.6 Å². The van der Waals surface area contributed by atoms with Crippen LogP contribution in [0.3, 0.4) is 0 Å². The van der Waals surface area contributed by atoms with Gasteiger partial charge < -0.3 is 26.5 Å². The van der Waals surface area contributed by atoms with E-state index < -0.39 is 23.2 Å². The summed E-state index contributed by atoms with van der Waals surface area (Å²) in [5, 5.41) is 3.98. The van der Waals surface area contributed by atoms with Crippen molar-refractivity contribution in [1.82, 2.24) is 19.9 Å². The maximum atomic E-state index is 15.5. The van der Waals surface area contributed by atoms with Gasteiger partial charge in [-0.1, -0.05) is 19.4 Å². The first-order chi connectivity index (χ1) is 23.4. The third-order valence-corrected chi connectivity index (χ3v) is 9.00. The van der Waals surface area contributed by atoms with Crippen LogP contribution in [0, 0.1) is 11.7 Å². The lowest BCUT2D eigenvalue weighted by Crippen LogP contribution is -2.24. The fraction of sp³-hybridized carbons (Fsp3) is 0.472. The predicted molar refractivity (Wildman–Crippen MR) is 185 cm³/mol. The molecule has 1 saturated carbocycles. The molecule has 5 rings (SSSR count). The van der Waals surface area contributed by atoms with Crippen LogP contribution in [0.15, 0.2) is 52.4 Å². The highest BCUT2D eigenvalue weighted by atomic mass is 19.4. The number of H-pyrrole nitrogens is 1. The highest BCUT2D eigenvalue weighted by Gasteiger charge is 2.36. The number of nitrogens with zero attached hydrogens (tertiary/aromatic N) is 3. The highest BCUT2D eigenvalue weighted by molar-refractivity contribution is 5.83. The lowest BCUT2D eigenvalue weighted by molar-refractivity contribution is -0.140. The number of fused-ring (bicyclic) bond motifs is 1. The molecule has 13 heteroatoms. The molecule has 0 radical (unpaired) electrons. The van der Waals surface area contributed by atoms with Crippen LogP contribution in [0.4, 0.5) is 17.6 Å². The summed E-state index contributed by atoms with van der Waals surface area (Å²) in [4.78, 5) is 24.5. The molecule has 0 aliphatic heterocycles. The molecule has 1 aliphatic carbocycles. The molecule has 2 aromatic carbocycles. The minimum atomic E-state index is -4.89. The number of aliphatic imine (C=N–C) groups is 1. The van der Waals surface area contributed by atoms with Crippen LogP contribution in [0.1, 0.15) is 81.5 Å². The molecule has 2 atom stereocenters. The zero-order chi connectivity index (χ0) is 35.3. The molecule has 1 fully saturated rings. The van der Waals surface area contributed by atoms with Crippen molar-refractivity contribution in [3.05, 3.63) is 75.6 Å². The molecular weight excluding hydrogens is 638 g/mol. The van der Waals surface area contributed by atoms with E-state index in [1.807, 2.05) is 6.07 Å². The van der Waals surface area contributed by atoms with Crippen molar-refractivity contribution in [2.24, 2.45) is 22.4 Å². The van der Waals surface area contributed by atoms with Gasteiger partial charge >= 0.3 is 11.9 Å². The highest BCUT2D eigenvalue weighted by Crippen LogP contribution is 2.38. The minimum Gasteiger partial charge on any atom is -0.496 e. The lowest BCUT2D eigenvalue weighted by Gasteiger charge is -2.22. The van der Waals surface area contributed by atoms with E-state index in [1.165, 1.54) is 22.9 Å². The van der Waals surface area contributed by atoms with Crippen molar-refractivity contribution in [2.75, 3.05) is 20.2 Å². The van der Waals surface area contributed by atoms with Gasteiger partial charge in [-0.05, 0) is 94.2 Å². The Labute approximate surface area is 283 Å². The molecule has 2 heterocycles. The summed E-state index contributed by atoms with van der Waals surface area (Å²) >= 11 is 0. The van der Waals surface area contributed by atoms with E-state index in [-0.39, 0.29) is 29.0 Å². The summed E-state index contributed by atoms with van der Waals surface area (Å²) in [6.07, 6.45) is 3.03. The van der Waals surface area contributed by atoms with Crippen LogP contribution in [0.2, 0.25) is 0 Å². The van der Waals surface area contributed by atoms with Crippen molar-refractivity contribution < 1.29 is 22.3 Å². The van der Waals surface area contributed by atoms with Gasteiger partial charge in [-0.15, -0.1) is 0 Å². The number of aryl methyl sites for hydroxylation is 1. The van der Waals surface area contributed by atoms with Gasteiger partial charge in [0, 0.05) is 47.4 Å². The fourth-order valence-corrected chi connectivity index (χ4v) is 6.26. The molecule has 0 spiro atoms. The number of benzene rings is 2. The number of hydrogen-bond donors (Lipinski definition) is 4. The van der Waals surface area contributed by atoms with Crippen molar-refractivity contribution in [1.29, 1.82) is 0 Å². The van der Waals surface area contributed by atoms with Gasteiger partial charge in [-0.2, -0.15) is 18.2 Å². The lowest BCUT2D eigenvalue weighted by atomic mass is 9.97. The molecule has 4 aromatic rings. The number of ether oxygens (including phenoxy) is 1. The first kappa shape index (κ1) is 36.1. The molecule has 6 N–H and O–H groups in total. The first-order valence-corrected chi connectivity index (χ1v) is 16.9. The molecule has 0 saturated heterocycles. The average Bonchev–Trinajstić information content (AvgIpc) is 3.83. The van der Waals surface area contributed by atoms with Gasteiger partial charge in [-0.3, -0.25) is 9.56 Å². The van der Waals surface area contributed by atoms with E-state index in [2.05, 4.69) is 27.2 Å². The standard InChI is InChI=1S/C36H45F4N7O2/c1-4-7-30(44-15-6-14-43-21(2)41)26-13-12-25(19-32(26)49-3)47-20-24-18-31(45-34(24)46-35(47)48)27-16-22(8-5-9-29(42)23-10-11-23)17-28(33(27)37)36(38,39)40/h12-13,16-20,23,29-30,44H,4-11,14-15,42H2,1-3H3,(H2,41,43)(H,45,46,48). The topological polar surface area (TPSA) is 136 Å². The molecule has 9 nitrogen and oxygen atoms in total. The molecule has 1 aliphatic rings. The van der Waals surface area contributed by atoms with Gasteiger partial charge in [0.25, 0.3) is 0 Å². The van der Waals surface area contributed by atoms with Crippen molar-refractivity contribution in [3.63, 3.8) is 0 Å². The SMILES string of the molecule is CCCC(NCCCN=C(C)N)c1ccc(-n2cc3cc(-c4cc(CCCC(N)C5CC5)cc(C(F)(F)F)c4F)[nH]c3nc2=O)cc1OC. The van der Waals surface area contributed by atoms with Crippen molar-refractivity contribution in [3.8, 4) is 22.7 Å². The Morgan fingerprint density at radius 2 is 1.96 bits per heavy atom. The van der Waals surface area contributed by atoms with E-state index in [0.717, 1.165) is 50.3 Å². The number of methoxy groups -OCH3 is 1. The first-order valence-electron chi connectivity index (χ1n) is 16.9. The van der Waals surface area contributed by atoms with Gasteiger partial charge in [0.15, 0.2) is 0 Å². The second-order valence-electron chi connectivity index (χ2n) is 12.9. The van der Waals surface area contributed by atoms with Gasteiger partial charge in [0.1, 0.15) is 17.2 Å². The number of nitrogens with two attached hydrogens (primary N) is 2. The maximum Gasteiger partial charge on any atom is 0.419 e. The predicted octanol–water partition coefficient (Wildman–Crippen LogP) is 6.81. The number of amidine groups is 1. The Kier molecular flexibility index (Phi) is 11.4. The number of hydrogen-bond acceptors (Lipinski definition) is 6. The quantitative estimate of drug-likeness (QED) is 0.0444. The van der Waals surface area contributed by atoms with Gasteiger partial charge in [0.2, 0.25) is 0 Å². The Morgan fingerprint density at radius 3 is 2.63 bits per heavy atom. The number of aromatic nitrogens is 3. The number of halogens is 4. The van der Waals surface area contributed by atoms with Crippen LogP contribution in [0.5, 0.6) is 5.75 Å². The molecular formula is C36H45F4N7O2. The average molecular weight is 684 g/mol. The maximum absolute atomic E-state index is 15.5. The zero-order valence-electron chi connectivity index (χ0n) is 28.2. The molecule has 2 aromatic heterocycles. The number of aromatic amines is 1. The third-order valence-electron chi connectivity index (χ3n) is 9.00. The largest absolute Gasteiger partial charge is 0.496 e. The van der Waals surface area contributed by atoms with Crippen LogP contribution in [-0.4, -0.2) is 46.6 Å². The molecule has 49 heavy (non-hydrogen) atoms. The van der Waals surface area contributed by atoms with Gasteiger partial charge in [0.05, 0.1) is 29.9 Å². The summed E-state index contributed by atoms with van der Waals surface area (Å²) in [5.74, 6) is 0.232. The summed E-state index contributed by atoms with van der Waals surface area (Å²) < 4.78 is 64.4.